The number of methoxy groups -OCH3 is 1. The summed E-state index contributed by atoms with van der Waals surface area (Å²) in [5.41, 5.74) is 1.12. The van der Waals surface area contributed by atoms with Gasteiger partial charge in [-0.15, -0.1) is 0 Å². The van der Waals surface area contributed by atoms with Gasteiger partial charge in [-0.3, -0.25) is 9.59 Å². The van der Waals surface area contributed by atoms with Gasteiger partial charge in [-0.05, 0) is 37.0 Å². The highest BCUT2D eigenvalue weighted by molar-refractivity contribution is 5.96. The molecule has 1 aliphatic rings. The van der Waals surface area contributed by atoms with Gasteiger partial charge in [0.05, 0.1) is 7.11 Å². The first-order chi connectivity index (χ1) is 11.7. The zero-order valence-corrected chi connectivity index (χ0v) is 14.5. The Morgan fingerprint density at radius 2 is 1.71 bits per heavy atom. The summed E-state index contributed by atoms with van der Waals surface area (Å²) in [6.07, 6.45) is 7.54. The molecule has 5 heteroatoms. The van der Waals surface area contributed by atoms with Crippen molar-refractivity contribution in [3.8, 4) is 5.75 Å². The molecular weight excluding hydrogens is 304 g/mol. The molecule has 0 atom stereocenters. The Labute approximate surface area is 144 Å². The third-order valence-electron chi connectivity index (χ3n) is 4.44. The van der Waals surface area contributed by atoms with E-state index in [2.05, 4.69) is 10.6 Å². The first-order valence-corrected chi connectivity index (χ1v) is 8.86. The lowest BCUT2D eigenvalue weighted by Gasteiger charge is -2.16. The maximum absolute atomic E-state index is 12.0. The van der Waals surface area contributed by atoms with E-state index < -0.39 is 0 Å². The molecule has 1 saturated carbocycles. The molecule has 1 aromatic carbocycles. The normalized spacial score (nSPS) is 15.4. The predicted molar refractivity (Wildman–Crippen MR) is 94.0 cm³/mol. The molecule has 1 fully saturated rings. The van der Waals surface area contributed by atoms with Gasteiger partial charge in [-0.2, -0.15) is 0 Å². The Bertz CT molecular complexity index is 520. The van der Waals surface area contributed by atoms with Gasteiger partial charge in [0.1, 0.15) is 12.2 Å². The Morgan fingerprint density at radius 1 is 1.04 bits per heavy atom. The summed E-state index contributed by atoms with van der Waals surface area (Å²) in [5.74, 6) is 0.441. The van der Waals surface area contributed by atoms with Crippen molar-refractivity contribution in [3.05, 3.63) is 29.8 Å². The number of rotatable bonds is 7. The Morgan fingerprint density at radius 3 is 2.33 bits per heavy atom. The molecule has 0 bridgehead atoms. The number of benzene rings is 1. The molecule has 0 heterocycles. The largest absolute Gasteiger partial charge is 0.497 e. The monoisotopic (exact) mass is 332 g/mol. The lowest BCUT2D eigenvalue weighted by Crippen LogP contribution is -2.38. The topological polar surface area (TPSA) is 67.4 Å². The fraction of sp³-hybridized carbons (Fsp3) is 0.579. The highest BCUT2D eigenvalue weighted by Gasteiger charge is 2.16. The standard InChI is InChI=1S/C19H28N2O3/c1-24-17-10-8-15(9-11-17)12-13-20-18(22)14-19(23)21-16-6-4-2-3-5-7-16/h8-11,16H,2-7,12-14H2,1H3,(H,20,22)(H,21,23). The van der Waals surface area contributed by atoms with Crippen LogP contribution in [-0.2, 0) is 16.0 Å². The van der Waals surface area contributed by atoms with Crippen LogP contribution in [0.2, 0.25) is 0 Å². The second-order valence-electron chi connectivity index (χ2n) is 6.38. The molecule has 2 rings (SSSR count). The molecule has 1 aliphatic carbocycles. The van der Waals surface area contributed by atoms with Crippen LogP contribution in [0.25, 0.3) is 0 Å². The zero-order chi connectivity index (χ0) is 17.2. The molecule has 1 aromatic rings. The van der Waals surface area contributed by atoms with Crippen molar-refractivity contribution in [2.75, 3.05) is 13.7 Å². The third kappa shape index (κ3) is 6.60. The van der Waals surface area contributed by atoms with Gasteiger partial charge < -0.3 is 15.4 Å². The molecule has 5 nitrogen and oxygen atoms in total. The Kier molecular flexibility index (Phi) is 7.59. The first kappa shape index (κ1) is 18.3. The number of hydrogen-bond donors (Lipinski definition) is 2. The second-order valence-corrected chi connectivity index (χ2v) is 6.38. The molecule has 0 unspecified atom stereocenters. The summed E-state index contributed by atoms with van der Waals surface area (Å²) < 4.78 is 5.11. The quantitative estimate of drug-likeness (QED) is 0.596. The fourth-order valence-corrected chi connectivity index (χ4v) is 3.05. The molecule has 132 valence electrons. The van der Waals surface area contributed by atoms with Gasteiger partial charge >= 0.3 is 0 Å². The van der Waals surface area contributed by atoms with Crippen LogP contribution in [0.3, 0.4) is 0 Å². The summed E-state index contributed by atoms with van der Waals surface area (Å²) in [7, 11) is 1.63. The smallest absolute Gasteiger partial charge is 0.229 e. The predicted octanol–water partition coefficient (Wildman–Crippen LogP) is 2.58. The van der Waals surface area contributed by atoms with Gasteiger partial charge in [0.2, 0.25) is 11.8 Å². The van der Waals surface area contributed by atoms with E-state index in [0.717, 1.165) is 30.6 Å². The van der Waals surface area contributed by atoms with Gasteiger partial charge in [0.15, 0.2) is 0 Å². The lowest BCUT2D eigenvalue weighted by molar-refractivity contribution is -0.129. The van der Waals surface area contributed by atoms with Crippen LogP contribution in [0.15, 0.2) is 24.3 Å². The number of nitrogens with one attached hydrogen (secondary N) is 2. The maximum atomic E-state index is 12.0. The SMILES string of the molecule is COc1ccc(CCNC(=O)CC(=O)NC2CCCCCC2)cc1. The van der Waals surface area contributed by atoms with Crippen molar-refractivity contribution in [1.82, 2.24) is 10.6 Å². The van der Waals surface area contributed by atoms with Crippen LogP contribution in [0.5, 0.6) is 5.75 Å². The van der Waals surface area contributed by atoms with E-state index in [1.54, 1.807) is 7.11 Å². The van der Waals surface area contributed by atoms with Crippen LogP contribution < -0.4 is 15.4 Å². The van der Waals surface area contributed by atoms with Crippen LogP contribution >= 0.6 is 0 Å². The molecule has 0 spiro atoms. The molecule has 0 saturated heterocycles. The van der Waals surface area contributed by atoms with Crippen LogP contribution in [0, 0.1) is 0 Å². The minimum atomic E-state index is -0.213. The number of hydrogen-bond acceptors (Lipinski definition) is 3. The lowest BCUT2D eigenvalue weighted by atomic mass is 10.1. The fourth-order valence-electron chi connectivity index (χ4n) is 3.05. The number of carbonyl (C=O) groups excluding carboxylic acids is 2. The number of carbonyl (C=O) groups is 2. The second kappa shape index (κ2) is 9.96. The molecule has 2 N–H and O–H groups in total. The van der Waals surface area contributed by atoms with Gasteiger partial charge in [0.25, 0.3) is 0 Å². The van der Waals surface area contributed by atoms with E-state index in [4.69, 9.17) is 4.74 Å². The van der Waals surface area contributed by atoms with Crippen LogP contribution in [0.4, 0.5) is 0 Å². The number of ether oxygens (including phenoxy) is 1. The molecule has 2 amide bonds. The van der Waals surface area contributed by atoms with E-state index in [1.807, 2.05) is 24.3 Å². The van der Waals surface area contributed by atoms with Crippen molar-refractivity contribution in [2.24, 2.45) is 0 Å². The van der Waals surface area contributed by atoms with E-state index in [9.17, 15) is 9.59 Å². The average Bonchev–Trinajstić information content (AvgIpc) is 2.84. The summed E-state index contributed by atoms with van der Waals surface area (Å²) >= 11 is 0. The van der Waals surface area contributed by atoms with E-state index in [1.165, 1.54) is 25.7 Å². The maximum Gasteiger partial charge on any atom is 0.229 e. The van der Waals surface area contributed by atoms with Crippen molar-refractivity contribution in [1.29, 1.82) is 0 Å². The number of amides is 2. The minimum Gasteiger partial charge on any atom is -0.497 e. The van der Waals surface area contributed by atoms with Crippen molar-refractivity contribution in [3.63, 3.8) is 0 Å². The summed E-state index contributed by atoms with van der Waals surface area (Å²) in [6, 6.07) is 7.99. The van der Waals surface area contributed by atoms with Crippen molar-refractivity contribution < 1.29 is 14.3 Å². The zero-order valence-electron chi connectivity index (χ0n) is 14.5. The van der Waals surface area contributed by atoms with E-state index >= 15 is 0 Å². The summed E-state index contributed by atoms with van der Waals surface area (Å²) in [6.45, 7) is 0.530. The molecule has 0 radical (unpaired) electrons. The van der Waals surface area contributed by atoms with Crippen LogP contribution in [-0.4, -0.2) is 31.5 Å². The van der Waals surface area contributed by atoms with E-state index in [-0.39, 0.29) is 24.3 Å². The molecule has 0 aliphatic heterocycles. The average molecular weight is 332 g/mol. The Hall–Kier alpha value is -2.04. The highest BCUT2D eigenvalue weighted by atomic mass is 16.5. The summed E-state index contributed by atoms with van der Waals surface area (Å²) in [4.78, 5) is 23.8. The first-order valence-electron chi connectivity index (χ1n) is 8.86. The minimum absolute atomic E-state index is 0.0842. The van der Waals surface area contributed by atoms with Gasteiger partial charge in [0, 0.05) is 12.6 Å². The van der Waals surface area contributed by atoms with Gasteiger partial charge in [-0.25, -0.2) is 0 Å². The third-order valence-corrected chi connectivity index (χ3v) is 4.44. The van der Waals surface area contributed by atoms with Crippen molar-refractivity contribution >= 4 is 11.8 Å². The van der Waals surface area contributed by atoms with E-state index in [0.29, 0.717) is 6.54 Å². The molecule has 24 heavy (non-hydrogen) atoms. The van der Waals surface area contributed by atoms with Gasteiger partial charge in [-0.1, -0.05) is 37.8 Å². The molecular formula is C19H28N2O3. The van der Waals surface area contributed by atoms with Crippen molar-refractivity contribution in [2.45, 2.75) is 57.4 Å². The molecule has 0 aromatic heterocycles. The summed E-state index contributed by atoms with van der Waals surface area (Å²) in [5, 5.41) is 5.81. The Balaban J connectivity index is 1.63. The highest BCUT2D eigenvalue weighted by Crippen LogP contribution is 2.17. The van der Waals surface area contributed by atoms with Crippen LogP contribution in [0.1, 0.15) is 50.5 Å².